The molecule has 4 heteroatoms. The summed E-state index contributed by atoms with van der Waals surface area (Å²) in [5.41, 5.74) is 1.16. The molecule has 2 nitrogen and oxygen atoms in total. The Morgan fingerprint density at radius 3 is 1.59 bits per heavy atom. The first kappa shape index (κ1) is 29.4. The Morgan fingerprint density at radius 2 is 1.10 bits per heavy atom. The molecule has 0 aliphatic carbocycles. The predicted octanol–water partition coefficient (Wildman–Crippen LogP) is 9.16. The van der Waals surface area contributed by atoms with Gasteiger partial charge in [0.1, 0.15) is 0 Å². The summed E-state index contributed by atoms with van der Waals surface area (Å²) in [6.07, 6.45) is 9.64. The number of unbranched alkanes of at least 4 members (excludes halogenated alkanes) is 6. The minimum absolute atomic E-state index is 0.730. The number of halogens is 1. The van der Waals surface area contributed by atoms with Crippen molar-refractivity contribution in [3.63, 3.8) is 0 Å². The van der Waals surface area contributed by atoms with E-state index in [2.05, 4.69) is 126 Å². The van der Waals surface area contributed by atoms with E-state index in [-0.39, 0.29) is 0 Å². The fourth-order valence-electron chi connectivity index (χ4n) is 5.45. The summed E-state index contributed by atoms with van der Waals surface area (Å²) in [5, 5.41) is 0.728. The molecule has 0 saturated carbocycles. The first-order valence-electron chi connectivity index (χ1n) is 14.3. The molecule has 0 atom stereocenters. The van der Waals surface area contributed by atoms with Crippen LogP contribution in [0.15, 0.2) is 109 Å². The van der Waals surface area contributed by atoms with Crippen LogP contribution >= 0.6 is 20.8 Å². The van der Waals surface area contributed by atoms with Crippen molar-refractivity contribution in [2.45, 2.75) is 58.0 Å². The third kappa shape index (κ3) is 6.76. The van der Waals surface area contributed by atoms with Crippen LogP contribution in [0.3, 0.4) is 0 Å². The second-order valence-electron chi connectivity index (χ2n) is 10.3. The number of hydrogen-bond donors (Lipinski definition) is 0. The van der Waals surface area contributed by atoms with Gasteiger partial charge < -0.3 is 0 Å². The van der Waals surface area contributed by atoms with Gasteiger partial charge >= 0.3 is 237 Å². The van der Waals surface area contributed by atoms with Crippen molar-refractivity contribution in [3.05, 3.63) is 115 Å². The van der Waals surface area contributed by atoms with Crippen LogP contribution in [-0.4, -0.2) is 13.7 Å². The van der Waals surface area contributed by atoms with Gasteiger partial charge in [-0.15, -0.1) is 0 Å². The minimum atomic E-state index is -3.15. The Kier molecular flexibility index (Phi) is 10.7. The van der Waals surface area contributed by atoms with E-state index in [1.807, 2.05) is 6.07 Å². The molecule has 0 aliphatic rings. The Morgan fingerprint density at radius 1 is 0.615 bits per heavy atom. The van der Waals surface area contributed by atoms with Crippen LogP contribution in [0.2, 0.25) is 0 Å². The Bertz CT molecular complexity index is 1180. The molecular formula is C35H42BrO2P. The summed E-state index contributed by atoms with van der Waals surface area (Å²) in [5.74, 6) is 1.79. The summed E-state index contributed by atoms with van der Waals surface area (Å²) in [6.45, 7) is 3.00. The van der Waals surface area contributed by atoms with Gasteiger partial charge in [-0.05, 0) is 0 Å². The predicted molar refractivity (Wildman–Crippen MR) is 174 cm³/mol. The van der Waals surface area contributed by atoms with Crippen LogP contribution in [0.1, 0.15) is 57.4 Å². The Labute approximate surface area is 243 Å². The van der Waals surface area contributed by atoms with E-state index < -0.39 is 5.31 Å². The van der Waals surface area contributed by atoms with Crippen LogP contribution in [0.4, 0.5) is 0 Å². The molecule has 0 radical (unpaired) electrons. The van der Waals surface area contributed by atoms with E-state index in [0.717, 1.165) is 36.3 Å². The van der Waals surface area contributed by atoms with Gasteiger partial charge in [0, 0.05) is 0 Å². The van der Waals surface area contributed by atoms with Crippen molar-refractivity contribution in [2.75, 3.05) is 13.7 Å². The third-order valence-electron chi connectivity index (χ3n) is 7.62. The van der Waals surface area contributed by atoms with E-state index in [0.29, 0.717) is 0 Å². The molecule has 0 fully saturated rings. The van der Waals surface area contributed by atoms with Gasteiger partial charge in [-0.25, -0.2) is 0 Å². The summed E-state index contributed by atoms with van der Waals surface area (Å²) in [4.78, 5) is 0. The number of ether oxygens (including phenoxy) is 2. The fourth-order valence-corrected chi connectivity index (χ4v) is 13.1. The van der Waals surface area contributed by atoms with Crippen molar-refractivity contribution < 1.29 is 9.47 Å². The van der Waals surface area contributed by atoms with Crippen molar-refractivity contribution in [1.29, 1.82) is 0 Å². The van der Waals surface area contributed by atoms with Gasteiger partial charge in [0.25, 0.3) is 0 Å². The van der Waals surface area contributed by atoms with E-state index in [1.54, 1.807) is 7.11 Å². The first-order chi connectivity index (χ1) is 19.1. The monoisotopic (exact) mass is 604 g/mol. The number of rotatable bonds is 15. The Balaban J connectivity index is 1.75. The van der Waals surface area contributed by atoms with E-state index in [1.165, 1.54) is 54.4 Å². The molecule has 0 amide bonds. The molecule has 0 heterocycles. The molecule has 4 rings (SSSR count). The van der Waals surface area contributed by atoms with Gasteiger partial charge in [-0.3, -0.25) is 0 Å². The van der Waals surface area contributed by atoms with Crippen molar-refractivity contribution in [2.24, 2.45) is 0 Å². The number of methoxy groups -OCH3 is 1. The van der Waals surface area contributed by atoms with Crippen LogP contribution in [-0.2, 0) is 6.16 Å². The molecule has 0 N–H and O–H groups in total. The molecule has 0 aliphatic heterocycles. The Hall–Kier alpha value is -2.61. The molecule has 0 saturated heterocycles. The maximum absolute atomic E-state index is 6.51. The average Bonchev–Trinajstić information content (AvgIpc) is 3.00. The van der Waals surface area contributed by atoms with E-state index in [9.17, 15) is 0 Å². The van der Waals surface area contributed by atoms with E-state index in [4.69, 9.17) is 9.47 Å². The van der Waals surface area contributed by atoms with Gasteiger partial charge in [0.2, 0.25) is 0 Å². The first-order valence-corrected chi connectivity index (χ1v) is 18.7. The summed E-state index contributed by atoms with van der Waals surface area (Å²) in [7, 11) is 1.73. The van der Waals surface area contributed by atoms with Crippen molar-refractivity contribution >= 4 is 36.7 Å². The zero-order valence-corrected chi connectivity index (χ0v) is 25.9. The summed E-state index contributed by atoms with van der Waals surface area (Å²) in [6, 6.07) is 39.0. The van der Waals surface area contributed by atoms with Crippen LogP contribution in [0.5, 0.6) is 11.5 Å². The molecule has 0 spiro atoms. The topological polar surface area (TPSA) is 18.5 Å². The molecule has 39 heavy (non-hydrogen) atoms. The molecular weight excluding hydrogens is 563 g/mol. The molecule has 206 valence electrons. The average molecular weight is 606 g/mol. The van der Waals surface area contributed by atoms with Crippen LogP contribution < -0.4 is 25.4 Å². The molecule has 4 aromatic carbocycles. The van der Waals surface area contributed by atoms with Gasteiger partial charge in [-0.1, -0.05) is 6.92 Å². The quantitative estimate of drug-likeness (QED) is 0.0994. The van der Waals surface area contributed by atoms with Crippen LogP contribution in [0, 0.1) is 0 Å². The fraction of sp³-hybridized carbons (Fsp3) is 0.314. The SMILES string of the molecule is CCCCCCCCCOc1ccc(OC)cc1CP(Br)(c1ccccc1)(c1ccccc1)c1ccccc1. The van der Waals surface area contributed by atoms with Crippen molar-refractivity contribution in [3.8, 4) is 11.5 Å². The zero-order valence-electron chi connectivity index (χ0n) is 23.4. The zero-order chi connectivity index (χ0) is 27.4. The molecule has 4 aromatic rings. The van der Waals surface area contributed by atoms with Crippen LogP contribution in [0.25, 0.3) is 0 Å². The molecule has 0 aromatic heterocycles. The normalized spacial score (nSPS) is 12.4. The number of hydrogen-bond acceptors (Lipinski definition) is 2. The summed E-state index contributed by atoms with van der Waals surface area (Å²) >= 11 is 4.59. The standard InChI is InChI=1S/C35H42BrO2P/c1-3-4-5-6-7-8-18-27-38-35-26-25-31(37-2)28-30(35)29-39(36,32-19-12-9-13-20-32,33-21-14-10-15-22-33)34-23-16-11-17-24-34/h9-17,19-26,28H,3-8,18,27,29H2,1-2H3. The van der Waals surface area contributed by atoms with Crippen molar-refractivity contribution in [1.82, 2.24) is 0 Å². The third-order valence-corrected chi connectivity index (χ3v) is 17.1. The second-order valence-corrected chi connectivity index (χ2v) is 19.2. The van der Waals surface area contributed by atoms with Gasteiger partial charge in [0.15, 0.2) is 0 Å². The molecule has 0 bridgehead atoms. The summed E-state index contributed by atoms with van der Waals surface area (Å²) < 4.78 is 12.2. The second kappa shape index (κ2) is 14.1. The van der Waals surface area contributed by atoms with Gasteiger partial charge in [-0.2, -0.15) is 0 Å². The molecule has 0 unspecified atom stereocenters. The number of benzene rings is 4. The van der Waals surface area contributed by atoms with E-state index >= 15 is 0 Å². The maximum atomic E-state index is 6.51. The van der Waals surface area contributed by atoms with Gasteiger partial charge in [0.05, 0.1) is 0 Å².